The van der Waals surface area contributed by atoms with Crippen LogP contribution < -0.4 is 5.32 Å². The molecule has 0 radical (unpaired) electrons. The molecule has 0 aliphatic heterocycles. The number of hydrogen-bond acceptors (Lipinski definition) is 5. The summed E-state index contributed by atoms with van der Waals surface area (Å²) in [5, 5.41) is 21.0. The summed E-state index contributed by atoms with van der Waals surface area (Å²) in [6.07, 6.45) is 0. The van der Waals surface area contributed by atoms with Gasteiger partial charge >= 0.3 is 0 Å². The molecule has 0 saturated heterocycles. The molecule has 2 aromatic rings. The Bertz CT molecular complexity index is 598. The molecule has 1 heterocycles. The van der Waals surface area contributed by atoms with Crippen LogP contribution in [0.4, 0.5) is 0 Å². The molecule has 2 rings (SSSR count). The Morgan fingerprint density at radius 1 is 1.32 bits per heavy atom. The van der Waals surface area contributed by atoms with Gasteiger partial charge in [-0.05, 0) is 26.2 Å². The maximum absolute atomic E-state index is 11.9. The van der Waals surface area contributed by atoms with Crippen molar-refractivity contribution in [3.05, 3.63) is 30.0 Å². The van der Waals surface area contributed by atoms with Gasteiger partial charge in [0.1, 0.15) is 0 Å². The summed E-state index contributed by atoms with van der Waals surface area (Å²) in [6, 6.07) is 7.01. The van der Waals surface area contributed by atoms with E-state index >= 15 is 0 Å². The summed E-state index contributed by atoms with van der Waals surface area (Å²) in [4.78, 5) is 13.8. The monoisotopic (exact) mass is 260 g/mol. The second-order valence-electron chi connectivity index (χ2n) is 4.47. The highest BCUT2D eigenvalue weighted by molar-refractivity contribution is 6.00. The molecule has 0 saturated carbocycles. The van der Waals surface area contributed by atoms with Crippen molar-refractivity contribution in [3.63, 3.8) is 0 Å². The smallest absolute Gasteiger partial charge is 0.275 e. The number of likely N-dealkylation sites (N-methyl/N-ethyl adjacent to an activating group) is 1. The Kier molecular flexibility index (Phi) is 3.91. The van der Waals surface area contributed by atoms with E-state index in [0.29, 0.717) is 24.0 Å². The maximum atomic E-state index is 11.9. The summed E-state index contributed by atoms with van der Waals surface area (Å²) >= 11 is 0. The van der Waals surface area contributed by atoms with Gasteiger partial charge in [-0.2, -0.15) is 0 Å². The highest BCUT2D eigenvalue weighted by Gasteiger charge is 2.16. The molecular weight excluding hydrogens is 244 g/mol. The van der Waals surface area contributed by atoms with Crippen LogP contribution in [0.15, 0.2) is 24.3 Å². The molecule has 0 spiro atoms. The zero-order valence-corrected chi connectivity index (χ0v) is 10.9. The number of nitrogens with one attached hydrogen (secondary N) is 1. The van der Waals surface area contributed by atoms with Crippen molar-refractivity contribution < 1.29 is 9.90 Å². The number of fused-ring (bicyclic) bond motifs is 1. The highest BCUT2D eigenvalue weighted by Crippen LogP contribution is 2.24. The number of carbonyl (C=O) groups is 1. The topological polar surface area (TPSA) is 78.4 Å². The van der Waals surface area contributed by atoms with Crippen molar-refractivity contribution >= 4 is 16.8 Å². The number of aromatic hydroxyl groups is 1. The van der Waals surface area contributed by atoms with Crippen molar-refractivity contribution in [2.24, 2.45) is 0 Å². The fourth-order valence-electron chi connectivity index (χ4n) is 1.67. The molecule has 2 N–H and O–H groups in total. The molecule has 0 fully saturated rings. The highest BCUT2D eigenvalue weighted by atomic mass is 16.3. The van der Waals surface area contributed by atoms with Gasteiger partial charge in [-0.3, -0.25) is 4.79 Å². The van der Waals surface area contributed by atoms with Crippen molar-refractivity contribution in [2.45, 2.75) is 0 Å². The fourth-order valence-corrected chi connectivity index (χ4v) is 1.67. The lowest BCUT2D eigenvalue weighted by molar-refractivity contribution is 0.0942. The van der Waals surface area contributed by atoms with Crippen LogP contribution in [0.1, 0.15) is 10.5 Å². The molecule has 0 unspecified atom stereocenters. The minimum atomic E-state index is -0.419. The van der Waals surface area contributed by atoms with E-state index in [1.165, 1.54) is 0 Å². The molecular formula is C13H16N4O2. The van der Waals surface area contributed by atoms with E-state index in [4.69, 9.17) is 0 Å². The SMILES string of the molecule is CN(C)CCNC(=O)c1nnc2ccccc2c1O. The van der Waals surface area contributed by atoms with Gasteiger partial charge in [0, 0.05) is 18.5 Å². The Balaban J connectivity index is 2.20. The van der Waals surface area contributed by atoms with Crippen LogP contribution in [0.25, 0.3) is 10.9 Å². The minimum Gasteiger partial charge on any atom is -0.505 e. The Hall–Kier alpha value is -2.21. The number of hydrogen-bond donors (Lipinski definition) is 2. The molecule has 1 aromatic carbocycles. The molecule has 0 aliphatic carbocycles. The number of aromatic nitrogens is 2. The number of rotatable bonds is 4. The summed E-state index contributed by atoms with van der Waals surface area (Å²) < 4.78 is 0. The lowest BCUT2D eigenvalue weighted by Crippen LogP contribution is -2.32. The van der Waals surface area contributed by atoms with E-state index in [0.717, 1.165) is 0 Å². The molecule has 100 valence electrons. The molecule has 6 nitrogen and oxygen atoms in total. The first-order valence-electron chi connectivity index (χ1n) is 5.97. The first-order chi connectivity index (χ1) is 9.09. The predicted octanol–water partition coefficient (Wildman–Crippen LogP) is 0.627. The van der Waals surface area contributed by atoms with Gasteiger partial charge in [0.25, 0.3) is 5.91 Å². The van der Waals surface area contributed by atoms with Gasteiger partial charge < -0.3 is 15.3 Å². The molecule has 0 aliphatic rings. The second-order valence-corrected chi connectivity index (χ2v) is 4.47. The van der Waals surface area contributed by atoms with Crippen LogP contribution in [-0.2, 0) is 0 Å². The molecule has 19 heavy (non-hydrogen) atoms. The lowest BCUT2D eigenvalue weighted by Gasteiger charge is -2.10. The zero-order chi connectivity index (χ0) is 13.8. The lowest BCUT2D eigenvalue weighted by atomic mass is 10.2. The summed E-state index contributed by atoms with van der Waals surface area (Å²) in [5.74, 6) is -0.550. The summed E-state index contributed by atoms with van der Waals surface area (Å²) in [5.41, 5.74) is 0.516. The summed E-state index contributed by atoms with van der Waals surface area (Å²) in [6.45, 7) is 1.20. The molecule has 0 bridgehead atoms. The maximum Gasteiger partial charge on any atom is 0.275 e. The van der Waals surface area contributed by atoms with Crippen LogP contribution in [-0.4, -0.2) is 53.3 Å². The van der Waals surface area contributed by atoms with Crippen molar-refractivity contribution in [1.29, 1.82) is 0 Å². The average molecular weight is 260 g/mol. The molecule has 0 atom stereocenters. The first kappa shape index (κ1) is 13.2. The van der Waals surface area contributed by atoms with Crippen molar-refractivity contribution in [2.75, 3.05) is 27.2 Å². The molecule has 1 amide bonds. The van der Waals surface area contributed by atoms with Gasteiger partial charge in [0.2, 0.25) is 0 Å². The largest absolute Gasteiger partial charge is 0.505 e. The quantitative estimate of drug-likeness (QED) is 0.843. The second kappa shape index (κ2) is 5.62. The van der Waals surface area contributed by atoms with Crippen LogP contribution in [0, 0.1) is 0 Å². The van der Waals surface area contributed by atoms with Crippen molar-refractivity contribution in [1.82, 2.24) is 20.4 Å². The van der Waals surface area contributed by atoms with E-state index in [1.54, 1.807) is 24.3 Å². The van der Waals surface area contributed by atoms with Gasteiger partial charge in [-0.25, -0.2) is 0 Å². The van der Waals surface area contributed by atoms with Crippen molar-refractivity contribution in [3.8, 4) is 5.75 Å². The number of carbonyl (C=O) groups excluding carboxylic acids is 1. The average Bonchev–Trinajstić information content (AvgIpc) is 2.39. The third-order valence-electron chi connectivity index (χ3n) is 2.70. The Morgan fingerprint density at radius 3 is 2.79 bits per heavy atom. The van der Waals surface area contributed by atoms with Gasteiger partial charge in [-0.15, -0.1) is 10.2 Å². The van der Waals surface area contributed by atoms with Gasteiger partial charge in [-0.1, -0.05) is 12.1 Å². The first-order valence-corrected chi connectivity index (χ1v) is 5.97. The standard InChI is InChI=1S/C13H16N4O2/c1-17(2)8-7-14-13(19)11-12(18)9-5-3-4-6-10(9)15-16-11/h3-6H,7-8H2,1-2H3,(H,14,19)(H,15,18). The van der Waals surface area contributed by atoms with Crippen LogP contribution in [0.5, 0.6) is 5.75 Å². The van der Waals surface area contributed by atoms with E-state index in [2.05, 4.69) is 15.5 Å². The fraction of sp³-hybridized carbons (Fsp3) is 0.308. The Morgan fingerprint density at radius 2 is 2.05 bits per heavy atom. The van der Waals surface area contributed by atoms with E-state index in [9.17, 15) is 9.90 Å². The third kappa shape index (κ3) is 2.97. The normalized spacial score (nSPS) is 10.9. The number of amides is 1. The van der Waals surface area contributed by atoms with Crippen LogP contribution >= 0.6 is 0 Å². The van der Waals surface area contributed by atoms with E-state index < -0.39 is 5.91 Å². The third-order valence-corrected chi connectivity index (χ3v) is 2.70. The molecule has 6 heteroatoms. The number of nitrogens with zero attached hydrogens (tertiary/aromatic N) is 3. The molecule has 1 aromatic heterocycles. The van der Waals surface area contributed by atoms with Crippen LogP contribution in [0.2, 0.25) is 0 Å². The van der Waals surface area contributed by atoms with E-state index in [1.807, 2.05) is 19.0 Å². The van der Waals surface area contributed by atoms with Gasteiger partial charge in [0.15, 0.2) is 11.4 Å². The zero-order valence-electron chi connectivity index (χ0n) is 10.9. The van der Waals surface area contributed by atoms with E-state index in [-0.39, 0.29) is 11.4 Å². The summed E-state index contributed by atoms with van der Waals surface area (Å²) in [7, 11) is 3.83. The Labute approximate surface area is 111 Å². The van der Waals surface area contributed by atoms with Crippen LogP contribution in [0.3, 0.4) is 0 Å². The predicted molar refractivity (Wildman–Crippen MR) is 72.1 cm³/mol. The minimum absolute atomic E-state index is 0.0440. The van der Waals surface area contributed by atoms with Gasteiger partial charge in [0.05, 0.1) is 5.52 Å². The number of benzene rings is 1.